The third-order valence-corrected chi connectivity index (χ3v) is 4.79. The largest absolute Gasteiger partial charge is 0.325 e. The number of rotatable bonds is 5. The number of halogens is 1. The molecule has 5 heteroatoms. The van der Waals surface area contributed by atoms with Crippen LogP contribution in [0.4, 0.5) is 10.1 Å². The van der Waals surface area contributed by atoms with E-state index in [1.165, 1.54) is 23.8 Å². The smallest absolute Gasteiger partial charge is 0.237 e. The molecule has 0 radical (unpaired) electrons. The Labute approximate surface area is 144 Å². The summed E-state index contributed by atoms with van der Waals surface area (Å²) in [6.45, 7) is 6.41. The number of hydrogen-bond acceptors (Lipinski definition) is 2. The highest BCUT2D eigenvalue weighted by atomic mass is 32.2. The Kier molecular flexibility index (Phi) is 5.89. The minimum atomic E-state index is -1.31. The number of carbonyl (C=O) groups is 1. The first-order valence-corrected chi connectivity index (χ1v) is 9.22. The fourth-order valence-electron chi connectivity index (χ4n) is 2.25. The normalized spacial score (nSPS) is 12.7. The summed E-state index contributed by atoms with van der Waals surface area (Å²) in [6, 6.07) is 13.6. The molecule has 1 atom stereocenters. The second kappa shape index (κ2) is 7.71. The molecule has 0 aliphatic rings. The van der Waals surface area contributed by atoms with Crippen molar-refractivity contribution in [3.63, 3.8) is 0 Å². The molecular formula is C19H22FNO2S. The van der Waals surface area contributed by atoms with E-state index in [9.17, 15) is 13.4 Å². The Hall–Kier alpha value is -2.01. The Balaban J connectivity index is 1.89. The van der Waals surface area contributed by atoms with Gasteiger partial charge in [0.25, 0.3) is 0 Å². The van der Waals surface area contributed by atoms with Gasteiger partial charge in [0.15, 0.2) is 0 Å². The van der Waals surface area contributed by atoms with Crippen molar-refractivity contribution < 1.29 is 13.4 Å². The van der Waals surface area contributed by atoms with Gasteiger partial charge in [-0.1, -0.05) is 51.1 Å². The minimum absolute atomic E-state index is 0.0719. The highest BCUT2D eigenvalue weighted by Crippen LogP contribution is 2.22. The molecule has 1 amide bonds. The van der Waals surface area contributed by atoms with Gasteiger partial charge in [-0.3, -0.25) is 9.00 Å². The van der Waals surface area contributed by atoms with Crippen LogP contribution in [0.25, 0.3) is 0 Å². The lowest BCUT2D eigenvalue weighted by molar-refractivity contribution is -0.113. The lowest BCUT2D eigenvalue weighted by atomic mass is 9.87. The van der Waals surface area contributed by atoms with Crippen LogP contribution in [0.5, 0.6) is 0 Å². The molecule has 0 saturated carbocycles. The zero-order valence-electron chi connectivity index (χ0n) is 14.1. The van der Waals surface area contributed by atoms with Gasteiger partial charge in [-0.2, -0.15) is 0 Å². The van der Waals surface area contributed by atoms with E-state index in [0.717, 1.165) is 5.56 Å². The topological polar surface area (TPSA) is 46.2 Å². The molecule has 0 bridgehead atoms. The number of nitrogens with one attached hydrogen (secondary N) is 1. The Morgan fingerprint density at radius 2 is 1.79 bits per heavy atom. The number of amides is 1. The maximum absolute atomic E-state index is 13.1. The molecule has 0 fully saturated rings. The molecule has 128 valence electrons. The average Bonchev–Trinajstić information content (AvgIpc) is 2.46. The maximum atomic E-state index is 13.1. The standard InChI is InChI=1S/C19H22FNO2S/c1-19(2,3)15-9-7-14(8-10-15)12-24(23)13-18(22)21-17-6-4-5-16(20)11-17/h4-11H,12-13H2,1-3H3,(H,21,22). The second-order valence-electron chi connectivity index (χ2n) is 6.73. The zero-order valence-corrected chi connectivity index (χ0v) is 15.0. The molecule has 2 aromatic carbocycles. The van der Waals surface area contributed by atoms with E-state index in [1.807, 2.05) is 24.3 Å². The molecule has 1 unspecified atom stereocenters. The van der Waals surface area contributed by atoms with Gasteiger partial charge >= 0.3 is 0 Å². The van der Waals surface area contributed by atoms with Crippen LogP contribution in [0.3, 0.4) is 0 Å². The molecule has 0 aromatic heterocycles. The molecule has 24 heavy (non-hydrogen) atoms. The third-order valence-electron chi connectivity index (χ3n) is 3.55. The summed E-state index contributed by atoms with van der Waals surface area (Å²) >= 11 is 0. The fraction of sp³-hybridized carbons (Fsp3) is 0.316. The van der Waals surface area contributed by atoms with Gasteiger partial charge in [-0.25, -0.2) is 4.39 Å². The van der Waals surface area contributed by atoms with E-state index in [4.69, 9.17) is 0 Å². The van der Waals surface area contributed by atoms with E-state index in [0.29, 0.717) is 11.4 Å². The van der Waals surface area contributed by atoms with Crippen LogP contribution in [-0.4, -0.2) is 15.9 Å². The van der Waals surface area contributed by atoms with E-state index in [1.54, 1.807) is 6.07 Å². The first kappa shape index (κ1) is 18.3. The molecule has 0 aliphatic heterocycles. The molecular weight excluding hydrogens is 325 g/mol. The second-order valence-corrected chi connectivity index (χ2v) is 8.19. The fourth-order valence-corrected chi connectivity index (χ4v) is 3.28. The quantitative estimate of drug-likeness (QED) is 0.888. The van der Waals surface area contributed by atoms with Crippen LogP contribution >= 0.6 is 0 Å². The third kappa shape index (κ3) is 5.57. The minimum Gasteiger partial charge on any atom is -0.325 e. The van der Waals surface area contributed by atoms with Gasteiger partial charge in [-0.15, -0.1) is 0 Å². The highest BCUT2D eigenvalue weighted by Gasteiger charge is 2.14. The summed E-state index contributed by atoms with van der Waals surface area (Å²) in [5, 5.41) is 2.56. The van der Waals surface area contributed by atoms with Gasteiger partial charge < -0.3 is 5.32 Å². The predicted octanol–water partition coefficient (Wildman–Crippen LogP) is 4.01. The first-order chi connectivity index (χ1) is 11.2. The van der Waals surface area contributed by atoms with Gasteiger partial charge in [-0.05, 0) is 34.7 Å². The summed E-state index contributed by atoms with van der Waals surface area (Å²) < 4.78 is 25.2. The van der Waals surface area contributed by atoms with E-state index in [2.05, 4.69) is 26.1 Å². The van der Waals surface area contributed by atoms with Crippen molar-refractivity contribution in [2.45, 2.75) is 31.9 Å². The average molecular weight is 347 g/mol. The van der Waals surface area contributed by atoms with Crippen molar-refractivity contribution in [2.75, 3.05) is 11.1 Å². The highest BCUT2D eigenvalue weighted by molar-refractivity contribution is 7.84. The van der Waals surface area contributed by atoms with Crippen LogP contribution < -0.4 is 5.32 Å². The van der Waals surface area contributed by atoms with Gasteiger partial charge in [0.05, 0.1) is 0 Å². The van der Waals surface area contributed by atoms with Crippen molar-refractivity contribution in [3.8, 4) is 0 Å². The monoisotopic (exact) mass is 347 g/mol. The first-order valence-electron chi connectivity index (χ1n) is 7.74. The molecule has 0 aliphatic carbocycles. The molecule has 0 saturated heterocycles. The van der Waals surface area contributed by atoms with Gasteiger partial charge in [0, 0.05) is 22.2 Å². The lowest BCUT2D eigenvalue weighted by Gasteiger charge is -2.19. The van der Waals surface area contributed by atoms with Gasteiger partial charge in [0.2, 0.25) is 5.91 Å². The van der Waals surface area contributed by atoms with Crippen molar-refractivity contribution in [2.24, 2.45) is 0 Å². The van der Waals surface area contributed by atoms with Gasteiger partial charge in [0.1, 0.15) is 11.6 Å². The summed E-state index contributed by atoms with van der Waals surface area (Å²) in [4.78, 5) is 11.9. The molecule has 2 rings (SSSR count). The summed E-state index contributed by atoms with van der Waals surface area (Å²) in [5.74, 6) is -0.600. The molecule has 1 N–H and O–H groups in total. The van der Waals surface area contributed by atoms with Crippen molar-refractivity contribution in [1.29, 1.82) is 0 Å². The van der Waals surface area contributed by atoms with Crippen LogP contribution in [-0.2, 0) is 26.8 Å². The van der Waals surface area contributed by atoms with E-state index >= 15 is 0 Å². The van der Waals surface area contributed by atoms with Crippen LogP contribution in [0.1, 0.15) is 31.9 Å². The summed E-state index contributed by atoms with van der Waals surface area (Å²) in [7, 11) is -1.31. The van der Waals surface area contributed by atoms with E-state index in [-0.39, 0.29) is 17.1 Å². The lowest BCUT2D eigenvalue weighted by Crippen LogP contribution is -2.20. The van der Waals surface area contributed by atoms with E-state index < -0.39 is 16.6 Å². The Morgan fingerprint density at radius 3 is 2.38 bits per heavy atom. The van der Waals surface area contributed by atoms with Crippen molar-refractivity contribution in [1.82, 2.24) is 0 Å². The molecule has 2 aromatic rings. The van der Waals surface area contributed by atoms with Crippen LogP contribution in [0.2, 0.25) is 0 Å². The summed E-state index contributed by atoms with van der Waals surface area (Å²) in [5.41, 5.74) is 2.58. The van der Waals surface area contributed by atoms with Crippen molar-refractivity contribution >= 4 is 22.4 Å². The number of hydrogen-bond donors (Lipinski definition) is 1. The number of benzene rings is 2. The van der Waals surface area contributed by atoms with Crippen molar-refractivity contribution in [3.05, 3.63) is 65.5 Å². The molecule has 0 spiro atoms. The molecule has 0 heterocycles. The summed E-state index contributed by atoms with van der Waals surface area (Å²) in [6.07, 6.45) is 0. The number of anilines is 1. The van der Waals surface area contributed by atoms with Crippen LogP contribution in [0.15, 0.2) is 48.5 Å². The zero-order chi connectivity index (χ0) is 17.7. The Morgan fingerprint density at radius 1 is 1.12 bits per heavy atom. The number of carbonyl (C=O) groups excluding carboxylic acids is 1. The Bertz CT molecular complexity index is 736. The SMILES string of the molecule is CC(C)(C)c1ccc(CS(=O)CC(=O)Nc2cccc(F)c2)cc1. The molecule has 3 nitrogen and oxygen atoms in total. The maximum Gasteiger partial charge on any atom is 0.237 e. The predicted molar refractivity (Wildman–Crippen MR) is 96.9 cm³/mol. The van der Waals surface area contributed by atoms with Crippen LogP contribution in [0, 0.1) is 5.82 Å².